The number of fused-ring (bicyclic) bond motifs is 1. The Hall–Kier alpha value is -3.19. The molecule has 0 aliphatic heterocycles. The van der Waals surface area contributed by atoms with Crippen LogP contribution in [0.3, 0.4) is 0 Å². The van der Waals surface area contributed by atoms with Crippen molar-refractivity contribution in [3.63, 3.8) is 0 Å². The molecular formula is C23H30N4O3. The van der Waals surface area contributed by atoms with E-state index in [1.807, 2.05) is 19.1 Å². The largest absolute Gasteiger partial charge is 0.497 e. The number of para-hydroxylation sites is 1. The Kier molecular flexibility index (Phi) is 7.57. The zero-order chi connectivity index (χ0) is 21.3. The first-order chi connectivity index (χ1) is 14.7. The third kappa shape index (κ3) is 5.24. The minimum atomic E-state index is -0.806. The fraction of sp³-hybridized carbons (Fsp3) is 0.348. The van der Waals surface area contributed by atoms with Gasteiger partial charge < -0.3 is 30.2 Å². The summed E-state index contributed by atoms with van der Waals surface area (Å²) in [6.07, 6.45) is 2.11. The van der Waals surface area contributed by atoms with Crippen molar-refractivity contribution in [1.29, 1.82) is 0 Å². The number of methoxy groups -OCH3 is 2. The van der Waals surface area contributed by atoms with Crippen molar-refractivity contribution in [2.24, 2.45) is 4.99 Å². The fourth-order valence-corrected chi connectivity index (χ4v) is 3.37. The van der Waals surface area contributed by atoms with Gasteiger partial charge in [0.25, 0.3) is 0 Å². The maximum Gasteiger partial charge on any atom is 0.191 e. The molecule has 0 aliphatic carbocycles. The number of rotatable bonds is 9. The molecular weight excluding hydrogens is 380 g/mol. The summed E-state index contributed by atoms with van der Waals surface area (Å²) in [6.45, 7) is 3.67. The van der Waals surface area contributed by atoms with Crippen LogP contribution in [0.25, 0.3) is 10.9 Å². The standard InChI is InChI=1S/C23H30N4O3/c1-4-24-23(25-12-11-16-14-26-20-8-6-5-7-18(16)20)27-15-21(28)19-13-17(29-2)9-10-22(19)30-3/h5-10,13-14,21,26,28H,4,11-12,15H2,1-3H3,(H2,24,25,27). The van der Waals surface area contributed by atoms with Crippen LogP contribution in [-0.4, -0.2) is 49.9 Å². The summed E-state index contributed by atoms with van der Waals surface area (Å²) in [7, 11) is 3.18. The highest BCUT2D eigenvalue weighted by atomic mass is 16.5. The number of aliphatic hydroxyl groups excluding tert-OH is 1. The Balaban J connectivity index is 1.62. The molecule has 0 bridgehead atoms. The molecule has 1 atom stereocenters. The van der Waals surface area contributed by atoms with E-state index in [-0.39, 0.29) is 6.54 Å². The van der Waals surface area contributed by atoms with Crippen LogP contribution in [-0.2, 0) is 6.42 Å². The lowest BCUT2D eigenvalue weighted by molar-refractivity contribution is 0.182. The quantitative estimate of drug-likeness (QED) is 0.322. The molecule has 4 N–H and O–H groups in total. The summed E-state index contributed by atoms with van der Waals surface area (Å²) in [4.78, 5) is 7.84. The third-order valence-electron chi connectivity index (χ3n) is 4.92. The summed E-state index contributed by atoms with van der Waals surface area (Å²) >= 11 is 0. The second-order valence-electron chi connectivity index (χ2n) is 6.88. The number of nitrogens with one attached hydrogen (secondary N) is 3. The van der Waals surface area contributed by atoms with Gasteiger partial charge in [-0.1, -0.05) is 18.2 Å². The molecule has 160 valence electrons. The fourth-order valence-electron chi connectivity index (χ4n) is 3.37. The van der Waals surface area contributed by atoms with Gasteiger partial charge in [0.1, 0.15) is 17.6 Å². The normalized spacial score (nSPS) is 12.6. The van der Waals surface area contributed by atoms with Crippen LogP contribution in [0.2, 0.25) is 0 Å². The van der Waals surface area contributed by atoms with Crippen LogP contribution in [0, 0.1) is 0 Å². The van der Waals surface area contributed by atoms with Crippen LogP contribution in [0.5, 0.6) is 11.5 Å². The lowest BCUT2D eigenvalue weighted by Crippen LogP contribution is -2.38. The van der Waals surface area contributed by atoms with Crippen molar-refractivity contribution in [2.75, 3.05) is 33.9 Å². The number of benzene rings is 2. The third-order valence-corrected chi connectivity index (χ3v) is 4.92. The maximum atomic E-state index is 10.7. The number of aliphatic imine (C=N–C) groups is 1. The monoisotopic (exact) mass is 410 g/mol. The maximum absolute atomic E-state index is 10.7. The van der Waals surface area contributed by atoms with Crippen molar-refractivity contribution in [3.8, 4) is 11.5 Å². The molecule has 0 radical (unpaired) electrons. The van der Waals surface area contributed by atoms with E-state index in [0.717, 1.165) is 25.0 Å². The first-order valence-corrected chi connectivity index (χ1v) is 10.1. The first kappa shape index (κ1) is 21.5. The number of aromatic amines is 1. The average Bonchev–Trinajstić information content (AvgIpc) is 3.20. The number of guanidine groups is 1. The van der Waals surface area contributed by atoms with E-state index >= 15 is 0 Å². The van der Waals surface area contributed by atoms with Gasteiger partial charge in [-0.3, -0.25) is 4.99 Å². The predicted octanol–water partition coefficient (Wildman–Crippen LogP) is 3.02. The van der Waals surface area contributed by atoms with Crippen LogP contribution in [0.4, 0.5) is 0 Å². The SMILES string of the molecule is CCNC(=NCC(O)c1cc(OC)ccc1OC)NCCc1c[nH]c2ccccc12. The van der Waals surface area contributed by atoms with Gasteiger partial charge in [0.15, 0.2) is 5.96 Å². The highest BCUT2D eigenvalue weighted by Crippen LogP contribution is 2.29. The molecule has 30 heavy (non-hydrogen) atoms. The van der Waals surface area contributed by atoms with Crippen molar-refractivity contribution < 1.29 is 14.6 Å². The molecule has 0 aliphatic rings. The van der Waals surface area contributed by atoms with Gasteiger partial charge in [-0.25, -0.2) is 0 Å². The van der Waals surface area contributed by atoms with Gasteiger partial charge in [0.2, 0.25) is 0 Å². The summed E-state index contributed by atoms with van der Waals surface area (Å²) in [5, 5.41) is 18.5. The predicted molar refractivity (Wildman–Crippen MR) is 120 cm³/mol. The molecule has 3 aromatic rings. The molecule has 2 aromatic carbocycles. The number of ether oxygens (including phenoxy) is 2. The average molecular weight is 411 g/mol. The van der Waals surface area contributed by atoms with Crippen LogP contribution in [0.15, 0.2) is 53.7 Å². The second-order valence-corrected chi connectivity index (χ2v) is 6.88. The molecule has 7 nitrogen and oxygen atoms in total. The van der Waals surface area contributed by atoms with Gasteiger partial charge in [0, 0.05) is 35.8 Å². The minimum Gasteiger partial charge on any atom is -0.497 e. The van der Waals surface area contributed by atoms with Crippen molar-refractivity contribution in [1.82, 2.24) is 15.6 Å². The molecule has 0 saturated carbocycles. The lowest BCUT2D eigenvalue weighted by Gasteiger charge is -2.16. The van der Waals surface area contributed by atoms with Crippen molar-refractivity contribution in [3.05, 3.63) is 59.8 Å². The van der Waals surface area contributed by atoms with Gasteiger partial charge in [-0.15, -0.1) is 0 Å². The highest BCUT2D eigenvalue weighted by molar-refractivity contribution is 5.83. The molecule has 3 rings (SSSR count). The second kappa shape index (κ2) is 10.5. The van der Waals surface area contributed by atoms with E-state index in [9.17, 15) is 5.11 Å². The summed E-state index contributed by atoms with van der Waals surface area (Å²) in [5.41, 5.74) is 3.05. The molecule has 0 fully saturated rings. The minimum absolute atomic E-state index is 0.200. The summed E-state index contributed by atoms with van der Waals surface area (Å²) < 4.78 is 10.6. The lowest BCUT2D eigenvalue weighted by atomic mass is 10.1. The van der Waals surface area contributed by atoms with Crippen LogP contribution < -0.4 is 20.1 Å². The van der Waals surface area contributed by atoms with E-state index in [4.69, 9.17) is 9.47 Å². The Morgan fingerprint density at radius 3 is 2.73 bits per heavy atom. The summed E-state index contributed by atoms with van der Waals surface area (Å²) in [6, 6.07) is 13.6. The number of nitrogens with zero attached hydrogens (tertiary/aromatic N) is 1. The number of aliphatic hydroxyl groups is 1. The van der Waals surface area contributed by atoms with Gasteiger partial charge in [0.05, 0.1) is 20.8 Å². The van der Waals surface area contributed by atoms with Crippen LogP contribution in [0.1, 0.15) is 24.2 Å². The molecule has 0 saturated heterocycles. The topological polar surface area (TPSA) is 90.9 Å². The van der Waals surface area contributed by atoms with Gasteiger partial charge in [-0.2, -0.15) is 0 Å². The highest BCUT2D eigenvalue weighted by Gasteiger charge is 2.15. The van der Waals surface area contributed by atoms with E-state index in [0.29, 0.717) is 23.0 Å². The Morgan fingerprint density at radius 2 is 1.97 bits per heavy atom. The molecule has 7 heteroatoms. The number of hydrogen-bond acceptors (Lipinski definition) is 4. The number of aromatic nitrogens is 1. The van der Waals surface area contributed by atoms with E-state index in [1.165, 1.54) is 10.9 Å². The van der Waals surface area contributed by atoms with Gasteiger partial charge >= 0.3 is 0 Å². The molecule has 0 spiro atoms. The molecule has 1 aromatic heterocycles. The Labute approximate surface area is 177 Å². The Morgan fingerprint density at radius 1 is 1.13 bits per heavy atom. The van der Waals surface area contributed by atoms with Crippen LogP contribution >= 0.6 is 0 Å². The molecule has 1 unspecified atom stereocenters. The van der Waals surface area contributed by atoms with E-state index in [2.05, 4.69) is 38.9 Å². The number of hydrogen-bond donors (Lipinski definition) is 4. The van der Waals surface area contributed by atoms with E-state index in [1.54, 1.807) is 32.4 Å². The zero-order valence-electron chi connectivity index (χ0n) is 17.7. The van der Waals surface area contributed by atoms with Crippen molar-refractivity contribution >= 4 is 16.9 Å². The van der Waals surface area contributed by atoms with Gasteiger partial charge in [-0.05, 0) is 43.2 Å². The van der Waals surface area contributed by atoms with Crippen molar-refractivity contribution in [2.45, 2.75) is 19.4 Å². The van der Waals surface area contributed by atoms with E-state index < -0.39 is 6.10 Å². The zero-order valence-corrected chi connectivity index (χ0v) is 17.7. The molecule has 1 heterocycles. The first-order valence-electron chi connectivity index (χ1n) is 10.1. The Bertz CT molecular complexity index is 983. The smallest absolute Gasteiger partial charge is 0.191 e. The number of H-pyrrole nitrogens is 1. The molecule has 0 amide bonds. The summed E-state index contributed by atoms with van der Waals surface area (Å²) in [5.74, 6) is 1.94.